The van der Waals surface area contributed by atoms with Crippen LogP contribution in [0, 0.1) is 11.8 Å². The van der Waals surface area contributed by atoms with E-state index in [0.29, 0.717) is 12.0 Å². The van der Waals surface area contributed by atoms with Crippen LogP contribution in [-0.4, -0.2) is 55.2 Å². The van der Waals surface area contributed by atoms with Gasteiger partial charge in [0.25, 0.3) is 0 Å². The molecule has 0 saturated carbocycles. The van der Waals surface area contributed by atoms with Gasteiger partial charge >= 0.3 is 24.2 Å². The highest BCUT2D eigenvalue weighted by Gasteiger charge is 2.23. The lowest BCUT2D eigenvalue weighted by molar-refractivity contribution is -0.158. The first kappa shape index (κ1) is 35.7. The van der Waals surface area contributed by atoms with Crippen molar-refractivity contribution >= 4 is 24.2 Å². The second kappa shape index (κ2) is 18.2. The molecule has 0 aliphatic carbocycles. The zero-order valence-corrected chi connectivity index (χ0v) is 25.6. The van der Waals surface area contributed by atoms with Gasteiger partial charge in [0.05, 0.1) is 0 Å². The maximum atomic E-state index is 12.5. The van der Waals surface area contributed by atoms with Gasteiger partial charge in [0.1, 0.15) is 31.0 Å². The average molecular weight is 582 g/mol. The number of carbonyl (C=O) groups is 4. The van der Waals surface area contributed by atoms with Crippen molar-refractivity contribution in [2.45, 2.75) is 112 Å². The van der Waals surface area contributed by atoms with Crippen molar-refractivity contribution in [3.8, 4) is 11.5 Å². The van der Waals surface area contributed by atoms with Crippen LogP contribution in [0.2, 0.25) is 0 Å². The van der Waals surface area contributed by atoms with Crippen LogP contribution in [0.1, 0.15) is 86.6 Å². The van der Waals surface area contributed by atoms with Crippen molar-refractivity contribution in [3.63, 3.8) is 0 Å². The molecule has 0 radical (unpaired) electrons. The first-order valence-electron chi connectivity index (χ1n) is 14.2. The van der Waals surface area contributed by atoms with E-state index in [2.05, 4.69) is 0 Å². The van der Waals surface area contributed by atoms with Gasteiger partial charge in [-0.15, -0.1) is 0 Å². The normalized spacial score (nSPS) is 14.0. The van der Waals surface area contributed by atoms with Gasteiger partial charge in [0.15, 0.2) is 11.5 Å². The summed E-state index contributed by atoms with van der Waals surface area (Å²) < 4.78 is 31.6. The molecule has 1 aromatic rings. The van der Waals surface area contributed by atoms with Crippen molar-refractivity contribution in [2.24, 2.45) is 17.6 Å². The fourth-order valence-electron chi connectivity index (χ4n) is 3.13. The van der Waals surface area contributed by atoms with Gasteiger partial charge in [0, 0.05) is 6.42 Å². The lowest BCUT2D eigenvalue weighted by atomic mass is 10.1. The van der Waals surface area contributed by atoms with Gasteiger partial charge in [-0.05, 0) is 63.1 Å². The molecule has 41 heavy (non-hydrogen) atoms. The van der Waals surface area contributed by atoms with Gasteiger partial charge in [-0.25, -0.2) is 9.59 Å². The molecule has 0 bridgehead atoms. The summed E-state index contributed by atoms with van der Waals surface area (Å²) in [5, 5.41) is 0. The van der Waals surface area contributed by atoms with Gasteiger partial charge in [-0.1, -0.05) is 53.5 Å². The summed E-state index contributed by atoms with van der Waals surface area (Å²) in [5.74, 6) is -1.11. The van der Waals surface area contributed by atoms with Crippen molar-refractivity contribution in [2.75, 3.05) is 6.61 Å². The highest BCUT2D eigenvalue weighted by atomic mass is 16.8. The summed E-state index contributed by atoms with van der Waals surface area (Å²) in [6, 6.07) is 3.33. The highest BCUT2D eigenvalue weighted by molar-refractivity contribution is 5.76. The van der Waals surface area contributed by atoms with Crippen LogP contribution in [0.25, 0.3) is 0 Å². The number of hydrogen-bond acceptors (Lipinski definition) is 11. The molecule has 4 atom stereocenters. The van der Waals surface area contributed by atoms with Gasteiger partial charge < -0.3 is 34.2 Å². The molecule has 0 heterocycles. The topological polar surface area (TPSA) is 150 Å². The third-order valence-corrected chi connectivity index (χ3v) is 6.37. The molecule has 0 amide bonds. The Balaban J connectivity index is 2.89. The minimum atomic E-state index is -1.06. The minimum absolute atomic E-state index is 0.0208. The highest BCUT2D eigenvalue weighted by Crippen LogP contribution is 2.30. The fraction of sp³-hybridized carbons (Fsp3) is 0.667. The molecular weight excluding hydrogens is 534 g/mol. The van der Waals surface area contributed by atoms with Gasteiger partial charge in [-0.2, -0.15) is 0 Å². The maximum absolute atomic E-state index is 12.5. The molecule has 2 N–H and O–H groups in total. The van der Waals surface area contributed by atoms with Crippen molar-refractivity contribution in [1.29, 1.82) is 0 Å². The standard InChI is InChI=1S/C30H47NO10/c1-9-10-11-12-27(32)37-20(6)17-36-28(33)24(31)15-23-13-14-25(40-29(34)38-21(7)18(2)3)26(16-23)41-30(35)39-22(8)19(4)5/h13-14,16,18-22,24H,9-12,15,17,31H2,1-8H3/t20-,21?,22?,24-/m0/s1. The number of rotatable bonds is 16. The zero-order valence-electron chi connectivity index (χ0n) is 25.6. The molecule has 0 aliphatic heterocycles. The molecule has 1 aromatic carbocycles. The Morgan fingerprint density at radius 3 is 1.88 bits per heavy atom. The number of hydrogen-bond donors (Lipinski definition) is 1. The smallest absolute Gasteiger partial charge is 0.461 e. The molecule has 232 valence electrons. The van der Waals surface area contributed by atoms with E-state index < -0.39 is 42.6 Å². The second-order valence-corrected chi connectivity index (χ2v) is 10.8. The largest absolute Gasteiger partial charge is 0.514 e. The quantitative estimate of drug-likeness (QED) is 0.110. The lowest BCUT2D eigenvalue weighted by Gasteiger charge is -2.19. The van der Waals surface area contributed by atoms with E-state index in [4.69, 9.17) is 34.2 Å². The number of ether oxygens (including phenoxy) is 6. The van der Waals surface area contributed by atoms with E-state index in [9.17, 15) is 19.2 Å². The molecule has 0 aromatic heterocycles. The summed E-state index contributed by atoms with van der Waals surface area (Å²) in [5.41, 5.74) is 6.55. The third-order valence-electron chi connectivity index (χ3n) is 6.37. The van der Waals surface area contributed by atoms with Crippen LogP contribution in [-0.2, 0) is 35.0 Å². The molecule has 1 rings (SSSR count). The number of benzene rings is 1. The van der Waals surface area contributed by atoms with Crippen molar-refractivity contribution in [1.82, 2.24) is 0 Å². The van der Waals surface area contributed by atoms with Crippen LogP contribution in [0.5, 0.6) is 11.5 Å². The summed E-state index contributed by atoms with van der Waals surface area (Å²) in [6.07, 6.45) is -0.385. The molecule has 0 saturated heterocycles. The molecule has 0 spiro atoms. The molecule has 0 fully saturated rings. The van der Waals surface area contributed by atoms with E-state index in [1.807, 2.05) is 34.6 Å². The van der Waals surface area contributed by atoms with Crippen LogP contribution in [0.3, 0.4) is 0 Å². The Labute approximate surface area is 243 Å². The van der Waals surface area contributed by atoms with E-state index in [1.165, 1.54) is 12.1 Å². The van der Waals surface area contributed by atoms with Crippen molar-refractivity contribution in [3.05, 3.63) is 23.8 Å². The molecule has 11 nitrogen and oxygen atoms in total. The molecule has 11 heteroatoms. The Morgan fingerprint density at radius 1 is 0.780 bits per heavy atom. The van der Waals surface area contributed by atoms with Gasteiger partial charge in [0.2, 0.25) is 0 Å². The fourth-order valence-corrected chi connectivity index (χ4v) is 3.13. The molecular formula is C30H47NO10. The van der Waals surface area contributed by atoms with E-state index in [-0.39, 0.29) is 42.3 Å². The maximum Gasteiger partial charge on any atom is 0.514 e. The lowest BCUT2D eigenvalue weighted by Crippen LogP contribution is -2.36. The van der Waals surface area contributed by atoms with E-state index in [0.717, 1.165) is 19.3 Å². The number of carbonyl (C=O) groups excluding carboxylic acids is 4. The van der Waals surface area contributed by atoms with E-state index >= 15 is 0 Å². The molecule has 0 aliphatic rings. The van der Waals surface area contributed by atoms with Crippen molar-refractivity contribution < 1.29 is 47.6 Å². The van der Waals surface area contributed by atoms with E-state index in [1.54, 1.807) is 26.8 Å². The average Bonchev–Trinajstić information content (AvgIpc) is 2.88. The zero-order chi connectivity index (χ0) is 31.1. The van der Waals surface area contributed by atoms with Crippen LogP contribution in [0.4, 0.5) is 9.59 Å². The Bertz CT molecular complexity index is 993. The Kier molecular flexibility index (Phi) is 15.8. The second-order valence-electron chi connectivity index (χ2n) is 10.8. The number of esters is 2. The minimum Gasteiger partial charge on any atom is -0.461 e. The van der Waals surface area contributed by atoms with Gasteiger partial charge in [-0.3, -0.25) is 9.59 Å². The summed E-state index contributed by atoms with van der Waals surface area (Å²) in [7, 11) is 0. The summed E-state index contributed by atoms with van der Waals surface area (Å²) in [4.78, 5) is 49.1. The number of unbranched alkanes of at least 4 members (excludes halogenated alkanes) is 2. The first-order valence-corrected chi connectivity index (χ1v) is 14.2. The predicted octanol–water partition coefficient (Wildman–Crippen LogP) is 5.73. The molecule has 2 unspecified atom stereocenters. The summed E-state index contributed by atoms with van der Waals surface area (Å²) in [6.45, 7) is 14.6. The van der Waals surface area contributed by atoms with Crippen LogP contribution >= 0.6 is 0 Å². The number of nitrogens with two attached hydrogens (primary N) is 1. The van der Waals surface area contributed by atoms with Crippen LogP contribution < -0.4 is 15.2 Å². The monoisotopic (exact) mass is 581 g/mol. The summed E-state index contributed by atoms with van der Waals surface area (Å²) >= 11 is 0. The Morgan fingerprint density at radius 2 is 1.34 bits per heavy atom. The third kappa shape index (κ3) is 14.2. The predicted molar refractivity (Wildman–Crippen MR) is 152 cm³/mol. The van der Waals surface area contributed by atoms with Crippen LogP contribution in [0.15, 0.2) is 18.2 Å². The first-order chi connectivity index (χ1) is 19.2. The Hall–Kier alpha value is -3.34. The SMILES string of the molecule is CCCCCC(=O)O[C@@H](C)COC(=O)[C@@H](N)Cc1ccc(OC(=O)OC(C)C(C)C)c(OC(=O)OC(C)C(C)C)c1.